The van der Waals surface area contributed by atoms with Gasteiger partial charge in [-0.25, -0.2) is 9.97 Å². The van der Waals surface area contributed by atoms with Crippen LogP contribution in [0.1, 0.15) is 37.9 Å². The zero-order chi connectivity index (χ0) is 19.0. The Hall–Kier alpha value is -2.47. The Morgan fingerprint density at radius 3 is 2.78 bits per heavy atom. The molecule has 1 saturated heterocycles. The minimum Gasteiger partial charge on any atom is -0.488 e. The maximum absolute atomic E-state index is 8.62. The highest BCUT2D eigenvalue weighted by molar-refractivity contribution is 6.10. The summed E-state index contributed by atoms with van der Waals surface area (Å²) >= 11 is 0. The van der Waals surface area contributed by atoms with Gasteiger partial charge in [0, 0.05) is 37.3 Å². The van der Waals surface area contributed by atoms with Gasteiger partial charge >= 0.3 is 0 Å². The van der Waals surface area contributed by atoms with Crippen LogP contribution in [-0.2, 0) is 0 Å². The fraction of sp³-hybridized carbons (Fsp3) is 0.476. The Labute approximate surface area is 160 Å². The topological polar surface area (TPSA) is 65.3 Å². The molecule has 6 nitrogen and oxygen atoms in total. The van der Waals surface area contributed by atoms with Crippen molar-refractivity contribution in [2.45, 2.75) is 38.3 Å². The van der Waals surface area contributed by atoms with E-state index in [4.69, 9.17) is 10.1 Å². The van der Waals surface area contributed by atoms with Crippen LogP contribution in [0, 0.1) is 5.41 Å². The molecule has 2 aliphatic rings. The lowest BCUT2D eigenvalue weighted by atomic mass is 10.1. The van der Waals surface area contributed by atoms with E-state index in [1.165, 1.54) is 0 Å². The van der Waals surface area contributed by atoms with Crippen LogP contribution in [0.3, 0.4) is 0 Å². The molecule has 0 amide bonds. The molecule has 1 aromatic heterocycles. The highest BCUT2D eigenvalue weighted by Crippen LogP contribution is 2.39. The summed E-state index contributed by atoms with van der Waals surface area (Å²) in [6.45, 7) is 7.23. The number of hydrogen-bond acceptors (Lipinski definition) is 6. The van der Waals surface area contributed by atoms with Crippen LogP contribution >= 0.6 is 0 Å². The fourth-order valence-electron chi connectivity index (χ4n) is 3.34. The number of aromatic nitrogens is 2. The highest BCUT2D eigenvalue weighted by atomic mass is 16.5. The summed E-state index contributed by atoms with van der Waals surface area (Å²) in [4.78, 5) is 13.4. The van der Waals surface area contributed by atoms with Crippen molar-refractivity contribution in [2.75, 3.05) is 31.6 Å². The monoisotopic (exact) mass is 365 g/mol. The summed E-state index contributed by atoms with van der Waals surface area (Å²) in [6.07, 6.45) is 3.74. The van der Waals surface area contributed by atoms with Crippen molar-refractivity contribution < 1.29 is 4.74 Å². The normalized spacial score (nSPS) is 21.7. The maximum atomic E-state index is 8.62. The van der Waals surface area contributed by atoms with Crippen molar-refractivity contribution in [3.8, 4) is 5.75 Å². The van der Waals surface area contributed by atoms with E-state index in [-0.39, 0.29) is 5.60 Å². The second-order valence-corrected chi connectivity index (χ2v) is 7.99. The summed E-state index contributed by atoms with van der Waals surface area (Å²) in [5, 5.41) is 8.62. The molecule has 1 saturated carbocycles. The van der Waals surface area contributed by atoms with Gasteiger partial charge in [0.05, 0.1) is 11.4 Å². The Balaban J connectivity index is 1.53. The molecular weight excluding hydrogens is 338 g/mol. The molecule has 1 atom stereocenters. The molecular formula is C21H27N5O. The molecule has 27 heavy (non-hydrogen) atoms. The molecule has 0 bridgehead atoms. The van der Waals surface area contributed by atoms with Gasteiger partial charge in [-0.3, -0.25) is 5.41 Å². The summed E-state index contributed by atoms with van der Waals surface area (Å²) in [7, 11) is 2.15. The Bertz CT molecular complexity index is 848. The average Bonchev–Trinajstić information content (AvgIpc) is 3.40. The van der Waals surface area contributed by atoms with Crippen molar-refractivity contribution in [3.63, 3.8) is 0 Å². The summed E-state index contributed by atoms with van der Waals surface area (Å²) in [6, 6.07) is 10.2. The molecule has 1 aliphatic carbocycles. The molecule has 2 heterocycles. The first kappa shape index (κ1) is 17.9. The van der Waals surface area contributed by atoms with Crippen LogP contribution in [-0.4, -0.2) is 58.9 Å². The first-order valence-electron chi connectivity index (χ1n) is 9.59. The van der Waals surface area contributed by atoms with Gasteiger partial charge in [0.25, 0.3) is 0 Å². The van der Waals surface area contributed by atoms with Gasteiger partial charge in [-0.1, -0.05) is 12.1 Å². The van der Waals surface area contributed by atoms with Crippen LogP contribution in [0.15, 0.2) is 36.7 Å². The third-order valence-corrected chi connectivity index (χ3v) is 5.63. The number of hydrogen-bond donors (Lipinski definition) is 1. The van der Waals surface area contributed by atoms with Gasteiger partial charge in [0.1, 0.15) is 23.5 Å². The molecule has 6 heteroatoms. The highest BCUT2D eigenvalue weighted by Gasteiger charge is 2.40. The fourth-order valence-corrected chi connectivity index (χ4v) is 3.34. The number of piperazine rings is 1. The van der Waals surface area contributed by atoms with Crippen molar-refractivity contribution in [2.24, 2.45) is 0 Å². The Kier molecular flexibility index (Phi) is 4.60. The first-order chi connectivity index (χ1) is 12.9. The van der Waals surface area contributed by atoms with E-state index in [2.05, 4.69) is 40.7 Å². The van der Waals surface area contributed by atoms with Gasteiger partial charge in [0.2, 0.25) is 0 Å². The molecule has 0 unspecified atom stereocenters. The second-order valence-electron chi connectivity index (χ2n) is 7.99. The van der Waals surface area contributed by atoms with E-state index < -0.39 is 0 Å². The maximum Gasteiger partial charge on any atom is 0.132 e. The number of nitrogens with zero attached hydrogens (tertiary/aromatic N) is 4. The van der Waals surface area contributed by atoms with Gasteiger partial charge in [-0.15, -0.1) is 0 Å². The minimum atomic E-state index is -0.0268. The van der Waals surface area contributed by atoms with E-state index >= 15 is 0 Å². The van der Waals surface area contributed by atoms with Crippen LogP contribution in [0.5, 0.6) is 5.75 Å². The zero-order valence-electron chi connectivity index (χ0n) is 16.3. The van der Waals surface area contributed by atoms with Crippen LogP contribution in [0.4, 0.5) is 5.82 Å². The lowest BCUT2D eigenvalue weighted by Gasteiger charge is -2.38. The van der Waals surface area contributed by atoms with E-state index in [0.29, 0.717) is 17.4 Å². The number of rotatable bonds is 5. The van der Waals surface area contributed by atoms with E-state index in [9.17, 15) is 0 Å². The molecule has 1 N–H and O–H groups in total. The number of nitrogens with one attached hydrogen (secondary N) is 1. The summed E-state index contributed by atoms with van der Waals surface area (Å²) < 4.78 is 6.04. The second kappa shape index (κ2) is 6.93. The first-order valence-corrected chi connectivity index (χ1v) is 9.59. The average molecular weight is 365 g/mol. The molecule has 2 aromatic rings. The molecule has 4 rings (SSSR count). The van der Waals surface area contributed by atoms with Crippen molar-refractivity contribution in [1.82, 2.24) is 14.9 Å². The van der Waals surface area contributed by atoms with Crippen LogP contribution < -0.4 is 9.64 Å². The number of ether oxygens (including phenoxy) is 1. The van der Waals surface area contributed by atoms with Crippen LogP contribution in [0.25, 0.3) is 0 Å². The molecule has 142 valence electrons. The van der Waals surface area contributed by atoms with Gasteiger partial charge < -0.3 is 14.5 Å². The molecule has 2 fully saturated rings. The third kappa shape index (κ3) is 3.95. The largest absolute Gasteiger partial charge is 0.488 e. The number of benzene rings is 1. The molecule has 1 aliphatic heterocycles. The standard InChI is InChI=1S/C21H27N5O/c1-15-13-26(10-9-25(15)3)19-12-18(23-14-24-19)20(22)16-5-4-6-17(11-16)27-21(2)7-8-21/h4-6,11-12,14-15,22H,7-10,13H2,1-3H3/t15-/m0/s1. The quantitative estimate of drug-likeness (QED) is 0.825. The number of likely N-dealkylation sites (N-methyl/N-ethyl adjacent to an activating group) is 1. The van der Waals surface area contributed by atoms with E-state index in [1.807, 2.05) is 30.3 Å². The van der Waals surface area contributed by atoms with Gasteiger partial charge in [0.15, 0.2) is 0 Å². The van der Waals surface area contributed by atoms with Crippen molar-refractivity contribution >= 4 is 11.5 Å². The number of anilines is 1. The predicted octanol–water partition coefficient (Wildman–Crippen LogP) is 2.96. The smallest absolute Gasteiger partial charge is 0.132 e. The lowest BCUT2D eigenvalue weighted by Crippen LogP contribution is -2.50. The van der Waals surface area contributed by atoms with Crippen molar-refractivity contribution in [1.29, 1.82) is 5.41 Å². The molecule has 0 spiro atoms. The third-order valence-electron chi connectivity index (χ3n) is 5.63. The summed E-state index contributed by atoms with van der Waals surface area (Å²) in [5.74, 6) is 1.71. The van der Waals surface area contributed by atoms with E-state index in [0.717, 1.165) is 49.6 Å². The minimum absolute atomic E-state index is 0.0268. The van der Waals surface area contributed by atoms with Gasteiger partial charge in [-0.2, -0.15) is 0 Å². The molecule has 1 aromatic carbocycles. The predicted molar refractivity (Wildman–Crippen MR) is 107 cm³/mol. The van der Waals surface area contributed by atoms with Crippen LogP contribution in [0.2, 0.25) is 0 Å². The Morgan fingerprint density at radius 1 is 1.22 bits per heavy atom. The SMILES string of the molecule is C[C@H]1CN(c2cc(C(=N)c3cccc(OC4(C)CC4)c3)ncn2)CCN1C. The summed E-state index contributed by atoms with van der Waals surface area (Å²) in [5.41, 5.74) is 1.82. The van der Waals surface area contributed by atoms with Gasteiger partial charge in [-0.05, 0) is 45.9 Å². The van der Waals surface area contributed by atoms with E-state index in [1.54, 1.807) is 6.33 Å². The Morgan fingerprint density at radius 2 is 2.04 bits per heavy atom. The molecule has 0 radical (unpaired) electrons. The lowest BCUT2D eigenvalue weighted by molar-refractivity contribution is 0.200. The van der Waals surface area contributed by atoms with Crippen molar-refractivity contribution in [3.05, 3.63) is 47.9 Å². The zero-order valence-corrected chi connectivity index (χ0v) is 16.3.